The summed E-state index contributed by atoms with van der Waals surface area (Å²) in [5, 5.41) is 12.7. The van der Waals surface area contributed by atoms with Gasteiger partial charge in [-0.15, -0.1) is 0 Å². The van der Waals surface area contributed by atoms with Gasteiger partial charge < -0.3 is 15.0 Å². The number of anilines is 1. The van der Waals surface area contributed by atoms with E-state index in [1.807, 2.05) is 30.3 Å². The first kappa shape index (κ1) is 14.4. The maximum absolute atomic E-state index is 9.34. The van der Waals surface area contributed by atoms with Crippen molar-refractivity contribution in [2.45, 2.75) is 19.7 Å². The van der Waals surface area contributed by atoms with Crippen LogP contribution in [0.4, 0.5) is 5.69 Å². The van der Waals surface area contributed by atoms with Crippen LogP contribution in [0.25, 0.3) is 0 Å². The first-order valence-corrected chi connectivity index (χ1v) is 7.46. The van der Waals surface area contributed by atoms with E-state index in [9.17, 15) is 5.11 Å². The van der Waals surface area contributed by atoms with Gasteiger partial charge in [-0.1, -0.05) is 48.5 Å². The summed E-state index contributed by atoms with van der Waals surface area (Å²) in [7, 11) is 0. The average molecular weight is 292 g/mol. The van der Waals surface area contributed by atoms with Gasteiger partial charge in [0.25, 0.3) is 0 Å². The third-order valence-corrected chi connectivity index (χ3v) is 3.69. The van der Waals surface area contributed by atoms with E-state index in [-0.39, 0.29) is 6.61 Å². The van der Waals surface area contributed by atoms with E-state index < -0.39 is 0 Å². The summed E-state index contributed by atoms with van der Waals surface area (Å²) in [4.78, 5) is 0. The lowest BCUT2D eigenvalue weighted by molar-refractivity contribution is 0.282. The molecule has 1 aromatic heterocycles. The van der Waals surface area contributed by atoms with Crippen molar-refractivity contribution in [3.8, 4) is 0 Å². The summed E-state index contributed by atoms with van der Waals surface area (Å²) in [5.74, 6) is 0. The molecule has 0 amide bonds. The van der Waals surface area contributed by atoms with Gasteiger partial charge in [-0.2, -0.15) is 0 Å². The fourth-order valence-electron chi connectivity index (χ4n) is 2.52. The molecule has 0 aliphatic rings. The monoisotopic (exact) mass is 292 g/mol. The smallest absolute Gasteiger partial charge is 0.0701 e. The number of rotatable bonds is 6. The summed E-state index contributed by atoms with van der Waals surface area (Å²) in [6.45, 7) is 1.69. The topological polar surface area (TPSA) is 37.2 Å². The number of para-hydroxylation sites is 1. The number of aliphatic hydroxyl groups is 1. The fraction of sp³-hybridized carbons (Fsp3) is 0.158. The molecule has 0 aliphatic carbocycles. The van der Waals surface area contributed by atoms with Gasteiger partial charge >= 0.3 is 0 Å². The Morgan fingerprint density at radius 2 is 1.64 bits per heavy atom. The van der Waals surface area contributed by atoms with Crippen LogP contribution in [0.5, 0.6) is 0 Å². The Morgan fingerprint density at radius 3 is 2.45 bits per heavy atom. The molecule has 2 N–H and O–H groups in total. The van der Waals surface area contributed by atoms with E-state index >= 15 is 0 Å². The van der Waals surface area contributed by atoms with Crippen molar-refractivity contribution in [2.75, 3.05) is 5.32 Å². The van der Waals surface area contributed by atoms with Crippen LogP contribution in [-0.4, -0.2) is 9.67 Å². The van der Waals surface area contributed by atoms with E-state index in [0.717, 1.165) is 24.3 Å². The zero-order valence-electron chi connectivity index (χ0n) is 12.4. The van der Waals surface area contributed by atoms with E-state index in [0.29, 0.717) is 0 Å². The van der Waals surface area contributed by atoms with Crippen molar-refractivity contribution in [3.63, 3.8) is 0 Å². The second-order valence-electron chi connectivity index (χ2n) is 5.35. The van der Waals surface area contributed by atoms with Crippen LogP contribution in [0.2, 0.25) is 0 Å². The highest BCUT2D eigenvalue weighted by molar-refractivity contribution is 5.51. The summed E-state index contributed by atoms with van der Waals surface area (Å²) in [6.07, 6.45) is 4.25. The van der Waals surface area contributed by atoms with E-state index in [1.54, 1.807) is 0 Å². The molecule has 2 aromatic carbocycles. The standard InChI is InChI=1S/C19H20N2O/c22-15-18-8-4-5-9-19(18)20-12-17-10-11-21(14-17)13-16-6-2-1-3-7-16/h1-11,14,20,22H,12-13,15H2. The molecule has 0 fully saturated rings. The number of aromatic nitrogens is 1. The second kappa shape index (κ2) is 6.96. The molecule has 3 heteroatoms. The molecule has 0 unspecified atom stereocenters. The third kappa shape index (κ3) is 3.57. The number of nitrogens with one attached hydrogen (secondary N) is 1. The lowest BCUT2D eigenvalue weighted by atomic mass is 10.2. The average Bonchev–Trinajstić information content (AvgIpc) is 3.01. The lowest BCUT2D eigenvalue weighted by Crippen LogP contribution is -2.02. The van der Waals surface area contributed by atoms with Gasteiger partial charge in [-0.05, 0) is 23.3 Å². The molecular formula is C19H20N2O. The highest BCUT2D eigenvalue weighted by atomic mass is 16.3. The molecule has 112 valence electrons. The Hall–Kier alpha value is -2.52. The number of hydrogen-bond acceptors (Lipinski definition) is 2. The Bertz CT molecular complexity index is 719. The molecular weight excluding hydrogens is 272 g/mol. The summed E-state index contributed by atoms with van der Waals surface area (Å²) < 4.78 is 2.18. The quantitative estimate of drug-likeness (QED) is 0.728. The number of hydrogen-bond donors (Lipinski definition) is 2. The van der Waals surface area contributed by atoms with Crippen molar-refractivity contribution in [1.29, 1.82) is 0 Å². The summed E-state index contributed by atoms with van der Waals surface area (Å²) in [5.41, 5.74) is 4.43. The van der Waals surface area contributed by atoms with Gasteiger partial charge in [0.15, 0.2) is 0 Å². The van der Waals surface area contributed by atoms with E-state index in [1.165, 1.54) is 11.1 Å². The minimum Gasteiger partial charge on any atom is -0.392 e. The number of benzene rings is 2. The van der Waals surface area contributed by atoms with E-state index in [2.05, 4.69) is 52.6 Å². The largest absolute Gasteiger partial charge is 0.392 e. The van der Waals surface area contributed by atoms with Crippen LogP contribution >= 0.6 is 0 Å². The van der Waals surface area contributed by atoms with Crippen molar-refractivity contribution >= 4 is 5.69 Å². The lowest BCUT2D eigenvalue weighted by Gasteiger charge is -2.09. The van der Waals surface area contributed by atoms with Crippen molar-refractivity contribution in [2.24, 2.45) is 0 Å². The van der Waals surface area contributed by atoms with Gasteiger partial charge in [-0.3, -0.25) is 0 Å². The van der Waals surface area contributed by atoms with Gasteiger partial charge in [0, 0.05) is 36.7 Å². The molecule has 3 nitrogen and oxygen atoms in total. The minimum atomic E-state index is 0.0538. The van der Waals surface area contributed by atoms with Crippen molar-refractivity contribution < 1.29 is 5.11 Å². The maximum atomic E-state index is 9.34. The van der Waals surface area contributed by atoms with Gasteiger partial charge in [0.2, 0.25) is 0 Å². The van der Waals surface area contributed by atoms with Crippen molar-refractivity contribution in [3.05, 3.63) is 89.7 Å². The predicted octanol–water partition coefficient (Wildman–Crippen LogP) is 3.64. The number of nitrogens with zero attached hydrogens (tertiary/aromatic N) is 1. The van der Waals surface area contributed by atoms with Crippen LogP contribution in [0.3, 0.4) is 0 Å². The normalized spacial score (nSPS) is 10.6. The highest BCUT2D eigenvalue weighted by Crippen LogP contribution is 2.16. The summed E-state index contributed by atoms with van der Waals surface area (Å²) in [6, 6.07) is 20.4. The molecule has 0 saturated heterocycles. The Balaban J connectivity index is 1.62. The predicted molar refractivity (Wildman–Crippen MR) is 89.7 cm³/mol. The van der Waals surface area contributed by atoms with E-state index in [4.69, 9.17) is 0 Å². The van der Waals surface area contributed by atoms with Crippen LogP contribution in [0, 0.1) is 0 Å². The molecule has 1 heterocycles. The molecule has 0 atom stereocenters. The molecule has 0 aliphatic heterocycles. The number of aliphatic hydroxyl groups excluding tert-OH is 1. The van der Waals surface area contributed by atoms with Gasteiger partial charge in [0.1, 0.15) is 0 Å². The Kier molecular flexibility index (Phi) is 4.56. The zero-order chi connectivity index (χ0) is 15.2. The Morgan fingerprint density at radius 1 is 0.864 bits per heavy atom. The molecule has 22 heavy (non-hydrogen) atoms. The maximum Gasteiger partial charge on any atom is 0.0701 e. The minimum absolute atomic E-state index is 0.0538. The zero-order valence-corrected chi connectivity index (χ0v) is 12.4. The SMILES string of the molecule is OCc1ccccc1NCc1ccn(Cc2ccccc2)c1. The fourth-order valence-corrected chi connectivity index (χ4v) is 2.52. The van der Waals surface area contributed by atoms with Crippen LogP contribution in [0.1, 0.15) is 16.7 Å². The Labute approximate surface area is 130 Å². The van der Waals surface area contributed by atoms with Gasteiger partial charge in [-0.25, -0.2) is 0 Å². The van der Waals surface area contributed by atoms with Crippen LogP contribution in [0.15, 0.2) is 73.1 Å². The molecule has 3 aromatic rings. The highest BCUT2D eigenvalue weighted by Gasteiger charge is 2.02. The summed E-state index contributed by atoms with van der Waals surface area (Å²) >= 11 is 0. The first-order chi connectivity index (χ1) is 10.8. The second-order valence-corrected chi connectivity index (χ2v) is 5.35. The molecule has 0 bridgehead atoms. The molecule has 3 rings (SSSR count). The van der Waals surface area contributed by atoms with Crippen LogP contribution in [-0.2, 0) is 19.7 Å². The van der Waals surface area contributed by atoms with Crippen LogP contribution < -0.4 is 5.32 Å². The first-order valence-electron chi connectivity index (χ1n) is 7.46. The van der Waals surface area contributed by atoms with Gasteiger partial charge in [0.05, 0.1) is 6.61 Å². The molecule has 0 saturated carbocycles. The third-order valence-electron chi connectivity index (χ3n) is 3.69. The molecule has 0 radical (unpaired) electrons. The van der Waals surface area contributed by atoms with Crippen molar-refractivity contribution in [1.82, 2.24) is 4.57 Å². The molecule has 0 spiro atoms.